The molecule has 1 fully saturated rings. The molecule has 188 valence electrons. The van der Waals surface area contributed by atoms with Gasteiger partial charge in [-0.05, 0) is 55.2 Å². The number of rotatable bonds is 6. The summed E-state index contributed by atoms with van der Waals surface area (Å²) in [6.07, 6.45) is 1.70. The summed E-state index contributed by atoms with van der Waals surface area (Å²) in [6.45, 7) is 0. The van der Waals surface area contributed by atoms with Crippen molar-refractivity contribution in [3.63, 3.8) is 0 Å². The molecule has 0 amide bonds. The average molecular weight is 493 g/mol. The van der Waals surface area contributed by atoms with Crippen LogP contribution in [-0.2, 0) is 33.3 Å². The van der Waals surface area contributed by atoms with Gasteiger partial charge in [0.25, 0.3) is 0 Å². The molecule has 0 N–H and O–H groups in total. The Morgan fingerprint density at radius 1 is 0.778 bits per heavy atom. The molecule has 0 bridgehead atoms. The minimum absolute atomic E-state index is 0.0813. The van der Waals surface area contributed by atoms with E-state index in [1.807, 2.05) is 42.5 Å². The van der Waals surface area contributed by atoms with Crippen LogP contribution >= 0.6 is 0 Å². The molecule has 2 aliphatic rings. The molecule has 1 atom stereocenters. The Hall–Kier alpha value is -4.07. The predicted molar refractivity (Wildman–Crippen MR) is 130 cm³/mol. The first kappa shape index (κ1) is 25.0. The highest BCUT2D eigenvalue weighted by atomic mass is 16.5. The van der Waals surface area contributed by atoms with Crippen molar-refractivity contribution in [3.05, 3.63) is 77.4 Å². The summed E-state index contributed by atoms with van der Waals surface area (Å²) in [5, 5.41) is 0. The number of carbonyl (C=O) groups is 3. The Labute approximate surface area is 209 Å². The Kier molecular flexibility index (Phi) is 6.88. The van der Waals surface area contributed by atoms with E-state index in [9.17, 15) is 14.4 Å². The summed E-state index contributed by atoms with van der Waals surface area (Å²) >= 11 is 0. The molecule has 1 aliphatic carbocycles. The van der Waals surface area contributed by atoms with Crippen LogP contribution in [0, 0.1) is 10.8 Å². The number of fused-ring (bicyclic) bond motifs is 1. The molecule has 0 aromatic heterocycles. The SMILES string of the molecule is COC(=O)C12C=C(c3ccccc3)OC(c3ccc(OC)cc3)=C1CCC(C(=O)OC)(C(=O)OC)C2. The van der Waals surface area contributed by atoms with Gasteiger partial charge in [-0.1, -0.05) is 30.3 Å². The Bertz CT molecular complexity index is 1210. The van der Waals surface area contributed by atoms with Gasteiger partial charge in [-0.3, -0.25) is 14.4 Å². The van der Waals surface area contributed by atoms with Crippen LogP contribution in [0.2, 0.25) is 0 Å². The van der Waals surface area contributed by atoms with E-state index in [1.54, 1.807) is 25.3 Å². The fourth-order valence-corrected chi connectivity index (χ4v) is 5.09. The van der Waals surface area contributed by atoms with E-state index in [2.05, 4.69) is 0 Å². The van der Waals surface area contributed by atoms with Crippen molar-refractivity contribution in [1.29, 1.82) is 0 Å². The van der Waals surface area contributed by atoms with Crippen LogP contribution in [0.5, 0.6) is 5.75 Å². The standard InChI is InChI=1S/C28H28O8/c1-32-20-12-10-19(11-13-20)23-21-14-15-27(24(29)33-2,25(30)34-3)17-28(21,26(31)35-4)16-22(36-23)18-8-6-5-7-9-18/h5-13,16H,14-15,17H2,1-4H3. The Balaban J connectivity index is 1.99. The van der Waals surface area contributed by atoms with E-state index >= 15 is 0 Å². The third kappa shape index (κ3) is 4.02. The molecule has 0 spiro atoms. The highest BCUT2D eigenvalue weighted by Crippen LogP contribution is 2.57. The lowest BCUT2D eigenvalue weighted by Crippen LogP contribution is -2.52. The average Bonchev–Trinajstić information content (AvgIpc) is 2.95. The highest BCUT2D eigenvalue weighted by Gasteiger charge is 2.62. The molecule has 1 heterocycles. The van der Waals surface area contributed by atoms with E-state index in [4.69, 9.17) is 23.7 Å². The number of esters is 3. The van der Waals surface area contributed by atoms with E-state index in [0.29, 0.717) is 28.4 Å². The van der Waals surface area contributed by atoms with Crippen LogP contribution in [0.15, 0.2) is 66.2 Å². The van der Waals surface area contributed by atoms with Gasteiger partial charge in [0.05, 0.1) is 28.4 Å². The van der Waals surface area contributed by atoms with Gasteiger partial charge in [0.1, 0.15) is 22.7 Å². The van der Waals surface area contributed by atoms with Crippen LogP contribution in [0.4, 0.5) is 0 Å². The molecular weight excluding hydrogens is 464 g/mol. The zero-order chi connectivity index (χ0) is 25.9. The smallest absolute Gasteiger partial charge is 0.323 e. The van der Waals surface area contributed by atoms with E-state index in [-0.39, 0.29) is 19.3 Å². The predicted octanol–water partition coefficient (Wildman–Crippen LogP) is 4.15. The first-order valence-corrected chi connectivity index (χ1v) is 11.4. The largest absolute Gasteiger partial charge is 0.497 e. The van der Waals surface area contributed by atoms with Crippen LogP contribution in [0.1, 0.15) is 30.4 Å². The van der Waals surface area contributed by atoms with Crippen LogP contribution in [0.25, 0.3) is 11.5 Å². The van der Waals surface area contributed by atoms with Gasteiger partial charge in [-0.25, -0.2) is 0 Å². The van der Waals surface area contributed by atoms with Crippen molar-refractivity contribution in [2.75, 3.05) is 28.4 Å². The molecule has 1 aliphatic heterocycles. The second-order valence-corrected chi connectivity index (χ2v) is 8.72. The molecule has 36 heavy (non-hydrogen) atoms. The quantitative estimate of drug-likeness (QED) is 0.337. The topological polar surface area (TPSA) is 97.4 Å². The first-order chi connectivity index (χ1) is 17.3. The number of carbonyl (C=O) groups excluding carboxylic acids is 3. The summed E-state index contributed by atoms with van der Waals surface area (Å²) in [5.41, 5.74) is -1.12. The maximum atomic E-state index is 13.6. The van der Waals surface area contributed by atoms with Crippen molar-refractivity contribution in [3.8, 4) is 5.75 Å². The molecule has 0 saturated heterocycles. The summed E-state index contributed by atoms with van der Waals surface area (Å²) in [6, 6.07) is 16.5. The second kappa shape index (κ2) is 9.89. The molecule has 2 aromatic carbocycles. The van der Waals surface area contributed by atoms with Crippen molar-refractivity contribution >= 4 is 29.4 Å². The minimum atomic E-state index is -1.69. The first-order valence-electron chi connectivity index (χ1n) is 11.4. The molecule has 1 saturated carbocycles. The van der Waals surface area contributed by atoms with Crippen molar-refractivity contribution in [2.45, 2.75) is 19.3 Å². The number of methoxy groups -OCH3 is 4. The third-order valence-electron chi connectivity index (χ3n) is 6.90. The van der Waals surface area contributed by atoms with Gasteiger partial charge < -0.3 is 23.7 Å². The van der Waals surface area contributed by atoms with Crippen molar-refractivity contribution < 1.29 is 38.1 Å². The van der Waals surface area contributed by atoms with E-state index in [0.717, 1.165) is 5.56 Å². The fourth-order valence-electron chi connectivity index (χ4n) is 5.09. The lowest BCUT2D eigenvalue weighted by Gasteiger charge is -2.45. The van der Waals surface area contributed by atoms with Gasteiger partial charge >= 0.3 is 17.9 Å². The lowest BCUT2D eigenvalue weighted by molar-refractivity contribution is -0.175. The lowest BCUT2D eigenvalue weighted by atomic mass is 9.58. The minimum Gasteiger partial charge on any atom is -0.497 e. The molecule has 0 radical (unpaired) electrons. The maximum absolute atomic E-state index is 13.6. The van der Waals surface area contributed by atoms with Gasteiger partial charge in [0.2, 0.25) is 0 Å². The van der Waals surface area contributed by atoms with Crippen LogP contribution in [-0.4, -0.2) is 46.3 Å². The molecule has 8 heteroatoms. The van der Waals surface area contributed by atoms with Gasteiger partial charge in [-0.15, -0.1) is 0 Å². The van der Waals surface area contributed by atoms with Crippen molar-refractivity contribution in [1.82, 2.24) is 0 Å². The molecule has 4 rings (SSSR count). The summed E-state index contributed by atoms with van der Waals surface area (Å²) in [4.78, 5) is 39.7. The summed E-state index contributed by atoms with van der Waals surface area (Å²) < 4.78 is 27.0. The fraction of sp³-hybridized carbons (Fsp3) is 0.321. The number of benzene rings is 2. The third-order valence-corrected chi connectivity index (χ3v) is 6.90. The normalized spacial score (nSPS) is 20.3. The Morgan fingerprint density at radius 3 is 1.94 bits per heavy atom. The zero-order valence-corrected chi connectivity index (χ0v) is 20.7. The number of hydrogen-bond donors (Lipinski definition) is 0. The number of ether oxygens (including phenoxy) is 5. The molecule has 1 unspecified atom stereocenters. The highest BCUT2D eigenvalue weighted by molar-refractivity contribution is 6.03. The zero-order valence-electron chi connectivity index (χ0n) is 20.7. The second-order valence-electron chi connectivity index (χ2n) is 8.72. The number of hydrogen-bond acceptors (Lipinski definition) is 8. The molecular formula is C28H28O8. The van der Waals surface area contributed by atoms with Crippen molar-refractivity contribution in [2.24, 2.45) is 10.8 Å². The van der Waals surface area contributed by atoms with Gasteiger partial charge in [0, 0.05) is 11.1 Å². The van der Waals surface area contributed by atoms with Gasteiger partial charge in [-0.2, -0.15) is 0 Å². The molecule has 2 aromatic rings. The summed E-state index contributed by atoms with van der Waals surface area (Å²) in [7, 11) is 5.27. The van der Waals surface area contributed by atoms with Gasteiger partial charge in [0.15, 0.2) is 5.41 Å². The van der Waals surface area contributed by atoms with Crippen LogP contribution < -0.4 is 4.74 Å². The van der Waals surface area contributed by atoms with E-state index in [1.165, 1.54) is 21.3 Å². The van der Waals surface area contributed by atoms with E-state index < -0.39 is 28.7 Å². The maximum Gasteiger partial charge on any atom is 0.323 e. The molecule has 8 nitrogen and oxygen atoms in total. The Morgan fingerprint density at radius 2 is 1.39 bits per heavy atom. The van der Waals surface area contributed by atoms with Crippen LogP contribution in [0.3, 0.4) is 0 Å². The monoisotopic (exact) mass is 492 g/mol. The summed E-state index contributed by atoms with van der Waals surface area (Å²) in [5.74, 6) is -0.601.